The minimum absolute atomic E-state index is 0.703. The molecule has 0 radical (unpaired) electrons. The summed E-state index contributed by atoms with van der Waals surface area (Å²) in [6.07, 6.45) is 7.94. The first-order chi connectivity index (χ1) is 5.24. The minimum Gasteiger partial charge on any atom is -0.376 e. The Labute approximate surface area is 69.4 Å². The molecule has 0 aromatic carbocycles. The van der Waals surface area contributed by atoms with Gasteiger partial charge in [0.1, 0.15) is 0 Å². The highest BCUT2D eigenvalue weighted by Gasteiger charge is 2.06. The third-order valence-corrected chi connectivity index (χ3v) is 2.25. The zero-order chi connectivity index (χ0) is 8.27. The predicted octanol–water partition coefficient (Wildman–Crippen LogP) is 2.42. The van der Waals surface area contributed by atoms with Gasteiger partial charge in [-0.15, -0.1) is 0 Å². The van der Waals surface area contributed by atoms with E-state index in [1.807, 2.05) is 0 Å². The summed E-state index contributed by atoms with van der Waals surface area (Å²) in [4.78, 5) is 2.22. The molecule has 0 aliphatic carbocycles. The maximum atomic E-state index is 2.27. The van der Waals surface area contributed by atoms with Crippen molar-refractivity contribution >= 4 is 0 Å². The first-order valence-electron chi connectivity index (χ1n) is 4.32. The van der Waals surface area contributed by atoms with Gasteiger partial charge in [-0.05, 0) is 17.9 Å². The molecule has 0 N–H and O–H groups in total. The molecule has 1 heteroatoms. The molecule has 0 saturated heterocycles. The zero-order valence-electron chi connectivity index (χ0n) is 7.67. The maximum absolute atomic E-state index is 2.27. The maximum Gasteiger partial charge on any atom is 0.0354 e. The SMILES string of the molecule is CCC(C)C1=CN(C)CC=C1. The van der Waals surface area contributed by atoms with Crippen LogP contribution in [0.25, 0.3) is 0 Å². The van der Waals surface area contributed by atoms with E-state index in [-0.39, 0.29) is 0 Å². The Morgan fingerprint density at radius 3 is 2.91 bits per heavy atom. The highest BCUT2D eigenvalue weighted by Crippen LogP contribution is 2.18. The fourth-order valence-electron chi connectivity index (χ4n) is 1.23. The summed E-state index contributed by atoms with van der Waals surface area (Å²) in [6.45, 7) is 5.56. The summed E-state index contributed by atoms with van der Waals surface area (Å²) < 4.78 is 0. The van der Waals surface area contributed by atoms with E-state index < -0.39 is 0 Å². The molecule has 1 heterocycles. The highest BCUT2D eigenvalue weighted by molar-refractivity contribution is 5.23. The van der Waals surface area contributed by atoms with Crippen LogP contribution in [-0.4, -0.2) is 18.5 Å². The molecule has 0 fully saturated rings. The Balaban J connectivity index is 2.63. The van der Waals surface area contributed by atoms with Crippen LogP contribution in [0.4, 0.5) is 0 Å². The van der Waals surface area contributed by atoms with Gasteiger partial charge in [0.05, 0.1) is 0 Å². The van der Waals surface area contributed by atoms with Gasteiger partial charge < -0.3 is 4.90 Å². The number of allylic oxidation sites excluding steroid dienone is 2. The molecule has 1 rings (SSSR count). The fourth-order valence-corrected chi connectivity index (χ4v) is 1.23. The lowest BCUT2D eigenvalue weighted by molar-refractivity contribution is 0.486. The monoisotopic (exact) mass is 151 g/mol. The van der Waals surface area contributed by atoms with Gasteiger partial charge in [0, 0.05) is 19.8 Å². The second-order valence-electron chi connectivity index (χ2n) is 3.28. The van der Waals surface area contributed by atoms with Crippen molar-refractivity contribution in [2.75, 3.05) is 13.6 Å². The average molecular weight is 151 g/mol. The lowest BCUT2D eigenvalue weighted by Gasteiger charge is -2.20. The van der Waals surface area contributed by atoms with Crippen LogP contribution in [0.3, 0.4) is 0 Å². The third-order valence-electron chi connectivity index (χ3n) is 2.25. The molecule has 1 atom stereocenters. The van der Waals surface area contributed by atoms with Crippen LogP contribution < -0.4 is 0 Å². The first kappa shape index (κ1) is 8.38. The smallest absolute Gasteiger partial charge is 0.0354 e. The van der Waals surface area contributed by atoms with Gasteiger partial charge in [0.2, 0.25) is 0 Å². The molecule has 0 amide bonds. The molecule has 1 unspecified atom stereocenters. The van der Waals surface area contributed by atoms with E-state index in [9.17, 15) is 0 Å². The fraction of sp³-hybridized carbons (Fsp3) is 0.600. The standard InChI is InChI=1S/C10H17N/c1-4-9(2)10-6-5-7-11(3)8-10/h5-6,8-9H,4,7H2,1-3H3. The van der Waals surface area contributed by atoms with Crippen molar-refractivity contribution in [3.63, 3.8) is 0 Å². The predicted molar refractivity (Wildman–Crippen MR) is 49.3 cm³/mol. The molecule has 0 bridgehead atoms. The lowest BCUT2D eigenvalue weighted by Crippen LogP contribution is -2.16. The van der Waals surface area contributed by atoms with Crippen LogP contribution >= 0.6 is 0 Å². The molecule has 1 aliphatic rings. The summed E-state index contributed by atoms with van der Waals surface area (Å²) in [7, 11) is 2.12. The van der Waals surface area contributed by atoms with E-state index in [0.717, 1.165) is 6.54 Å². The van der Waals surface area contributed by atoms with Crippen LogP contribution in [0.15, 0.2) is 23.9 Å². The van der Waals surface area contributed by atoms with Crippen molar-refractivity contribution in [2.45, 2.75) is 20.3 Å². The number of nitrogens with zero attached hydrogens (tertiary/aromatic N) is 1. The average Bonchev–Trinajstić information content (AvgIpc) is 2.03. The summed E-state index contributed by atoms with van der Waals surface area (Å²) in [5.74, 6) is 0.703. The normalized spacial score (nSPS) is 19.9. The summed E-state index contributed by atoms with van der Waals surface area (Å²) in [6, 6.07) is 0. The van der Waals surface area contributed by atoms with Crippen molar-refractivity contribution in [2.24, 2.45) is 5.92 Å². The van der Waals surface area contributed by atoms with Gasteiger partial charge in [0.25, 0.3) is 0 Å². The lowest BCUT2D eigenvalue weighted by atomic mass is 9.98. The molecular weight excluding hydrogens is 134 g/mol. The van der Waals surface area contributed by atoms with E-state index in [2.05, 4.69) is 44.1 Å². The number of rotatable bonds is 2. The molecule has 0 aromatic rings. The van der Waals surface area contributed by atoms with Crippen LogP contribution in [0.1, 0.15) is 20.3 Å². The number of hydrogen-bond donors (Lipinski definition) is 0. The Hall–Kier alpha value is -0.720. The van der Waals surface area contributed by atoms with Crippen molar-refractivity contribution in [3.8, 4) is 0 Å². The van der Waals surface area contributed by atoms with Gasteiger partial charge in [-0.25, -0.2) is 0 Å². The second kappa shape index (κ2) is 3.61. The number of likely N-dealkylation sites (N-methyl/N-ethyl adjacent to an activating group) is 1. The van der Waals surface area contributed by atoms with Gasteiger partial charge in [0.15, 0.2) is 0 Å². The van der Waals surface area contributed by atoms with Crippen molar-refractivity contribution in [3.05, 3.63) is 23.9 Å². The summed E-state index contributed by atoms with van der Waals surface area (Å²) >= 11 is 0. The van der Waals surface area contributed by atoms with Crippen LogP contribution in [0, 0.1) is 5.92 Å². The molecule has 1 nitrogen and oxygen atoms in total. The zero-order valence-corrected chi connectivity index (χ0v) is 7.67. The molecular formula is C10H17N. The second-order valence-corrected chi connectivity index (χ2v) is 3.28. The molecule has 62 valence electrons. The van der Waals surface area contributed by atoms with Gasteiger partial charge in [-0.3, -0.25) is 0 Å². The van der Waals surface area contributed by atoms with Crippen LogP contribution in [-0.2, 0) is 0 Å². The molecule has 11 heavy (non-hydrogen) atoms. The molecule has 1 aliphatic heterocycles. The largest absolute Gasteiger partial charge is 0.376 e. The van der Waals surface area contributed by atoms with Crippen molar-refractivity contribution in [1.29, 1.82) is 0 Å². The highest BCUT2D eigenvalue weighted by atomic mass is 15.1. The molecule has 0 spiro atoms. The van der Waals surface area contributed by atoms with E-state index >= 15 is 0 Å². The Morgan fingerprint density at radius 1 is 1.64 bits per heavy atom. The molecule has 0 saturated carbocycles. The third kappa shape index (κ3) is 2.11. The van der Waals surface area contributed by atoms with E-state index in [0.29, 0.717) is 5.92 Å². The van der Waals surface area contributed by atoms with Crippen LogP contribution in [0.5, 0.6) is 0 Å². The van der Waals surface area contributed by atoms with E-state index in [1.165, 1.54) is 12.0 Å². The summed E-state index contributed by atoms with van der Waals surface area (Å²) in [5, 5.41) is 0. The van der Waals surface area contributed by atoms with E-state index in [1.54, 1.807) is 0 Å². The van der Waals surface area contributed by atoms with Gasteiger partial charge >= 0.3 is 0 Å². The van der Waals surface area contributed by atoms with Crippen molar-refractivity contribution in [1.82, 2.24) is 4.90 Å². The molecule has 0 aromatic heterocycles. The quantitative estimate of drug-likeness (QED) is 0.586. The first-order valence-corrected chi connectivity index (χ1v) is 4.32. The summed E-state index contributed by atoms with van der Waals surface area (Å²) in [5.41, 5.74) is 1.46. The Morgan fingerprint density at radius 2 is 2.36 bits per heavy atom. The van der Waals surface area contributed by atoms with E-state index in [4.69, 9.17) is 0 Å². The van der Waals surface area contributed by atoms with Crippen LogP contribution in [0.2, 0.25) is 0 Å². The van der Waals surface area contributed by atoms with Crippen molar-refractivity contribution < 1.29 is 0 Å². The number of hydrogen-bond acceptors (Lipinski definition) is 1. The van der Waals surface area contributed by atoms with Gasteiger partial charge in [-0.2, -0.15) is 0 Å². The van der Waals surface area contributed by atoms with Gasteiger partial charge in [-0.1, -0.05) is 26.0 Å². The topological polar surface area (TPSA) is 3.24 Å². The minimum atomic E-state index is 0.703. The Bertz CT molecular complexity index is 179. The Kier molecular flexibility index (Phi) is 2.75.